The van der Waals surface area contributed by atoms with Crippen LogP contribution in [0.25, 0.3) is 0 Å². The molecule has 0 aliphatic carbocycles. The quantitative estimate of drug-likeness (QED) is 0.512. The predicted octanol–water partition coefficient (Wildman–Crippen LogP) is 3.76. The Bertz CT molecular complexity index is 1180. The van der Waals surface area contributed by atoms with E-state index in [-0.39, 0.29) is 30.3 Å². The van der Waals surface area contributed by atoms with Gasteiger partial charge in [-0.2, -0.15) is 17.5 Å². The molecule has 8 nitrogen and oxygen atoms in total. The number of benzene rings is 2. The molecule has 1 amide bonds. The molecule has 1 saturated heterocycles. The summed E-state index contributed by atoms with van der Waals surface area (Å²) in [5.74, 6) is -2.43. The Labute approximate surface area is 221 Å². The first-order valence-corrected chi connectivity index (χ1v) is 13.6. The molecule has 0 radical (unpaired) electrons. The number of sulfonamides is 1. The smallest absolute Gasteiger partial charge is 0.475 e. The van der Waals surface area contributed by atoms with Crippen LogP contribution in [-0.4, -0.2) is 73.5 Å². The highest BCUT2D eigenvalue weighted by Gasteiger charge is 2.38. The first-order chi connectivity index (χ1) is 17.7. The van der Waals surface area contributed by atoms with Crippen molar-refractivity contribution >= 4 is 21.9 Å². The first-order valence-electron chi connectivity index (χ1n) is 12.2. The zero-order chi connectivity index (χ0) is 28.5. The molecule has 1 heterocycles. The SMILES string of the molecule is Cc1cccc(CN(CCC(=O)N2CCNCC2)S(=O)(=O)c2ccc(C(C)C)cc2)c1.O=C(O)C(F)(F)F. The first kappa shape index (κ1) is 31.3. The van der Waals surface area contributed by atoms with Crippen molar-refractivity contribution in [1.82, 2.24) is 14.5 Å². The van der Waals surface area contributed by atoms with E-state index in [0.29, 0.717) is 19.0 Å². The van der Waals surface area contributed by atoms with Crippen molar-refractivity contribution < 1.29 is 36.3 Å². The van der Waals surface area contributed by atoms with Crippen molar-refractivity contribution in [3.8, 4) is 0 Å². The highest BCUT2D eigenvalue weighted by molar-refractivity contribution is 7.89. The van der Waals surface area contributed by atoms with Gasteiger partial charge in [0.25, 0.3) is 0 Å². The molecule has 12 heteroatoms. The Morgan fingerprint density at radius 3 is 2.16 bits per heavy atom. The molecule has 0 atom stereocenters. The van der Waals surface area contributed by atoms with Crippen molar-refractivity contribution in [2.24, 2.45) is 0 Å². The number of rotatable bonds is 8. The standard InChI is InChI=1S/C24H33N3O3S.C2HF3O2/c1-19(2)22-7-9-23(10-8-22)31(29,30)27(18-21-6-4-5-20(3)17-21)14-11-24(28)26-15-12-25-13-16-26;3-2(4,5)1(6)7/h4-10,17,19,25H,11-16,18H2,1-3H3;(H,6,7). The number of aryl methyl sites for hydroxylation is 1. The van der Waals surface area contributed by atoms with Crippen LogP contribution in [-0.2, 0) is 26.2 Å². The lowest BCUT2D eigenvalue weighted by Gasteiger charge is -2.29. The second-order valence-electron chi connectivity index (χ2n) is 9.24. The molecule has 38 heavy (non-hydrogen) atoms. The zero-order valence-corrected chi connectivity index (χ0v) is 22.5. The summed E-state index contributed by atoms with van der Waals surface area (Å²) in [5.41, 5.74) is 3.09. The third-order valence-electron chi connectivity index (χ3n) is 5.91. The molecule has 2 aromatic rings. The monoisotopic (exact) mass is 557 g/mol. The van der Waals surface area contributed by atoms with Gasteiger partial charge in [-0.25, -0.2) is 13.2 Å². The van der Waals surface area contributed by atoms with Crippen LogP contribution in [0, 0.1) is 6.92 Å². The number of nitrogens with one attached hydrogen (secondary N) is 1. The highest BCUT2D eigenvalue weighted by Crippen LogP contribution is 2.22. The molecule has 3 rings (SSSR count). The lowest BCUT2D eigenvalue weighted by atomic mass is 10.0. The number of hydrogen-bond acceptors (Lipinski definition) is 5. The number of carboxylic acid groups (broad SMARTS) is 1. The van der Waals surface area contributed by atoms with Gasteiger partial charge in [-0.05, 0) is 36.1 Å². The molecule has 0 aromatic heterocycles. The van der Waals surface area contributed by atoms with E-state index in [2.05, 4.69) is 19.2 Å². The number of carboxylic acids is 1. The topological polar surface area (TPSA) is 107 Å². The van der Waals surface area contributed by atoms with E-state index < -0.39 is 22.2 Å². The molecular formula is C26H34F3N3O5S. The van der Waals surface area contributed by atoms with Gasteiger partial charge in [0.05, 0.1) is 4.90 Å². The van der Waals surface area contributed by atoms with E-state index in [1.807, 2.05) is 48.2 Å². The van der Waals surface area contributed by atoms with Gasteiger partial charge in [-0.15, -0.1) is 0 Å². The minimum Gasteiger partial charge on any atom is -0.475 e. The van der Waals surface area contributed by atoms with Crippen molar-refractivity contribution in [3.05, 3.63) is 65.2 Å². The molecule has 210 valence electrons. The van der Waals surface area contributed by atoms with Gasteiger partial charge < -0.3 is 15.3 Å². The van der Waals surface area contributed by atoms with Crippen molar-refractivity contribution in [3.63, 3.8) is 0 Å². The molecule has 0 spiro atoms. The van der Waals surface area contributed by atoms with Crippen molar-refractivity contribution in [2.75, 3.05) is 32.7 Å². The van der Waals surface area contributed by atoms with Crippen LogP contribution in [0.15, 0.2) is 53.4 Å². The maximum atomic E-state index is 13.5. The molecular weight excluding hydrogens is 523 g/mol. The minimum atomic E-state index is -5.08. The number of carbonyl (C=O) groups excluding carboxylic acids is 1. The molecule has 2 N–H and O–H groups in total. The number of nitrogens with zero attached hydrogens (tertiary/aromatic N) is 2. The van der Waals surface area contributed by atoms with Crippen LogP contribution in [0.2, 0.25) is 0 Å². The predicted molar refractivity (Wildman–Crippen MR) is 137 cm³/mol. The maximum absolute atomic E-state index is 13.5. The molecule has 1 aliphatic heterocycles. The number of alkyl halides is 3. The van der Waals surface area contributed by atoms with Gasteiger partial charge in [0, 0.05) is 45.7 Å². The lowest BCUT2D eigenvalue weighted by Crippen LogP contribution is -2.47. The molecule has 0 unspecified atom stereocenters. The number of amides is 1. The van der Waals surface area contributed by atoms with E-state index in [0.717, 1.165) is 29.8 Å². The van der Waals surface area contributed by atoms with Crippen LogP contribution < -0.4 is 5.32 Å². The summed E-state index contributed by atoms with van der Waals surface area (Å²) in [6.45, 7) is 9.43. The van der Waals surface area contributed by atoms with E-state index in [4.69, 9.17) is 9.90 Å². The van der Waals surface area contributed by atoms with Gasteiger partial charge in [-0.3, -0.25) is 4.79 Å². The number of hydrogen-bond donors (Lipinski definition) is 2. The lowest BCUT2D eigenvalue weighted by molar-refractivity contribution is -0.192. The second-order valence-corrected chi connectivity index (χ2v) is 11.2. The maximum Gasteiger partial charge on any atom is 0.490 e. The van der Waals surface area contributed by atoms with Gasteiger partial charge in [-0.1, -0.05) is 55.8 Å². The average Bonchev–Trinajstić information content (AvgIpc) is 2.86. The summed E-state index contributed by atoms with van der Waals surface area (Å²) < 4.78 is 60.1. The van der Waals surface area contributed by atoms with E-state index in [9.17, 15) is 26.4 Å². The van der Waals surface area contributed by atoms with Gasteiger partial charge in [0.1, 0.15) is 0 Å². The number of carbonyl (C=O) groups is 2. The Balaban J connectivity index is 0.000000638. The Kier molecular flexibility index (Phi) is 11.3. The summed E-state index contributed by atoms with van der Waals surface area (Å²) in [7, 11) is -3.73. The fourth-order valence-electron chi connectivity index (χ4n) is 3.76. The summed E-state index contributed by atoms with van der Waals surface area (Å²) in [6, 6.07) is 14.9. The number of piperazine rings is 1. The molecule has 1 aliphatic rings. The zero-order valence-electron chi connectivity index (χ0n) is 21.7. The minimum absolute atomic E-state index is 0.00102. The fourth-order valence-corrected chi connectivity index (χ4v) is 5.19. The van der Waals surface area contributed by atoms with Crippen LogP contribution in [0.1, 0.15) is 42.9 Å². The van der Waals surface area contributed by atoms with Crippen molar-refractivity contribution in [1.29, 1.82) is 0 Å². The molecule has 1 fully saturated rings. The van der Waals surface area contributed by atoms with E-state index in [1.165, 1.54) is 4.31 Å². The van der Waals surface area contributed by atoms with E-state index in [1.54, 1.807) is 12.1 Å². The Hall–Kier alpha value is -2.96. The highest BCUT2D eigenvalue weighted by atomic mass is 32.2. The fraction of sp³-hybridized carbons (Fsp3) is 0.462. The summed E-state index contributed by atoms with van der Waals surface area (Å²) in [6.07, 6.45) is -4.91. The third kappa shape index (κ3) is 9.41. The number of aliphatic carboxylic acids is 1. The van der Waals surface area contributed by atoms with Gasteiger partial charge in [0.15, 0.2) is 0 Å². The molecule has 2 aromatic carbocycles. The summed E-state index contributed by atoms with van der Waals surface area (Å²) in [4.78, 5) is 23.6. The Morgan fingerprint density at radius 1 is 1.08 bits per heavy atom. The van der Waals surface area contributed by atoms with Gasteiger partial charge in [0.2, 0.25) is 15.9 Å². The molecule has 0 bridgehead atoms. The normalized spacial score (nSPS) is 14.3. The van der Waals surface area contributed by atoms with Crippen LogP contribution in [0.5, 0.6) is 0 Å². The van der Waals surface area contributed by atoms with Crippen molar-refractivity contribution in [2.45, 2.75) is 50.7 Å². The van der Waals surface area contributed by atoms with Gasteiger partial charge >= 0.3 is 12.1 Å². The molecule has 0 saturated carbocycles. The largest absolute Gasteiger partial charge is 0.490 e. The van der Waals surface area contributed by atoms with Crippen LogP contribution >= 0.6 is 0 Å². The average molecular weight is 558 g/mol. The van der Waals surface area contributed by atoms with Crippen LogP contribution in [0.3, 0.4) is 0 Å². The number of halogens is 3. The second kappa shape index (κ2) is 13.7. The summed E-state index contributed by atoms with van der Waals surface area (Å²) in [5, 5.41) is 10.4. The van der Waals surface area contributed by atoms with E-state index >= 15 is 0 Å². The third-order valence-corrected chi connectivity index (χ3v) is 7.77. The van der Waals surface area contributed by atoms with Crippen LogP contribution in [0.4, 0.5) is 13.2 Å². The summed E-state index contributed by atoms with van der Waals surface area (Å²) >= 11 is 0. The Morgan fingerprint density at radius 2 is 1.66 bits per heavy atom.